The quantitative estimate of drug-likeness (QED) is 0.533. The van der Waals surface area contributed by atoms with Crippen LogP contribution in [0.4, 0.5) is 0 Å². The maximum absolute atomic E-state index is 5.67. The number of halogens is 2. The number of allylic oxidation sites excluding steroid dienone is 1. The Balaban J connectivity index is 2.56. The molecular weight excluding hydrogens is 215 g/mol. The molecule has 2 heteroatoms. The third-order valence-electron chi connectivity index (χ3n) is 1.98. The molecule has 14 heavy (non-hydrogen) atoms. The molecule has 0 N–H and O–H groups in total. The van der Waals surface area contributed by atoms with Gasteiger partial charge >= 0.3 is 0 Å². The van der Waals surface area contributed by atoms with E-state index in [1.54, 1.807) is 0 Å². The van der Waals surface area contributed by atoms with Gasteiger partial charge in [0.1, 0.15) is 4.84 Å². The minimum Gasteiger partial charge on any atom is -0.105 e. The highest BCUT2D eigenvalue weighted by Gasteiger charge is 2.03. The molecule has 0 unspecified atom stereocenters. The van der Waals surface area contributed by atoms with Gasteiger partial charge in [0.25, 0.3) is 0 Å². The largest absolute Gasteiger partial charge is 0.111 e. The molecule has 0 saturated heterocycles. The fraction of sp³-hybridized carbons (Fsp3) is 0.333. The molecule has 0 spiro atoms. The second kappa shape index (κ2) is 5.43. The minimum atomic E-state index is -0.340. The zero-order valence-electron chi connectivity index (χ0n) is 8.26. The first-order chi connectivity index (χ1) is 6.58. The van der Waals surface area contributed by atoms with Crippen LogP contribution in [-0.2, 0) is 6.42 Å². The van der Waals surface area contributed by atoms with Crippen LogP contribution in [0.25, 0.3) is 0 Å². The van der Waals surface area contributed by atoms with Gasteiger partial charge in [-0.25, -0.2) is 0 Å². The first-order valence-corrected chi connectivity index (χ1v) is 5.45. The molecule has 0 nitrogen and oxygen atoms in total. The molecule has 1 aromatic carbocycles. The van der Waals surface area contributed by atoms with E-state index in [4.69, 9.17) is 23.2 Å². The van der Waals surface area contributed by atoms with Crippen LogP contribution in [0.5, 0.6) is 0 Å². The maximum Gasteiger partial charge on any atom is 0.111 e. The van der Waals surface area contributed by atoms with Crippen molar-refractivity contribution in [3.8, 4) is 0 Å². The van der Waals surface area contributed by atoms with Crippen molar-refractivity contribution in [1.29, 1.82) is 0 Å². The third-order valence-corrected chi connectivity index (χ3v) is 2.29. The maximum atomic E-state index is 5.67. The van der Waals surface area contributed by atoms with Gasteiger partial charge in [-0.2, -0.15) is 0 Å². The Bertz CT molecular complexity index is 316. The van der Waals surface area contributed by atoms with Gasteiger partial charge in [0, 0.05) is 0 Å². The van der Waals surface area contributed by atoms with Crippen LogP contribution in [0.3, 0.4) is 0 Å². The summed E-state index contributed by atoms with van der Waals surface area (Å²) in [5.41, 5.74) is 3.61. The smallest absolute Gasteiger partial charge is 0.105 e. The molecule has 0 aliphatic carbocycles. The fourth-order valence-electron chi connectivity index (χ4n) is 1.40. The molecule has 0 bridgehead atoms. The van der Waals surface area contributed by atoms with Crippen LogP contribution in [0.2, 0.25) is 0 Å². The van der Waals surface area contributed by atoms with Gasteiger partial charge in [-0.05, 0) is 25.3 Å². The standard InChI is InChI=1S/C12H14Cl2/c1-9-4-3-5-11(6-9)7-10(2)8-12(13)14/h3-6,12H,2,7-8H2,1H3. The number of hydrogen-bond donors (Lipinski definition) is 0. The van der Waals surface area contributed by atoms with Crippen LogP contribution >= 0.6 is 23.2 Å². The van der Waals surface area contributed by atoms with E-state index in [0.717, 1.165) is 12.0 Å². The van der Waals surface area contributed by atoms with Crippen molar-refractivity contribution >= 4 is 23.2 Å². The van der Waals surface area contributed by atoms with Gasteiger partial charge in [-0.15, -0.1) is 23.2 Å². The lowest BCUT2D eigenvalue weighted by Crippen LogP contribution is -1.95. The fourth-order valence-corrected chi connectivity index (χ4v) is 1.84. The second-order valence-electron chi connectivity index (χ2n) is 3.51. The molecule has 0 heterocycles. The number of aryl methyl sites for hydroxylation is 1. The van der Waals surface area contributed by atoms with Crippen molar-refractivity contribution in [1.82, 2.24) is 0 Å². The summed E-state index contributed by atoms with van der Waals surface area (Å²) < 4.78 is 0. The Morgan fingerprint density at radius 3 is 2.71 bits per heavy atom. The minimum absolute atomic E-state index is 0.340. The van der Waals surface area contributed by atoms with Gasteiger partial charge in [-0.1, -0.05) is 42.0 Å². The molecule has 0 saturated carbocycles. The SMILES string of the molecule is C=C(Cc1cccc(C)c1)CC(Cl)Cl. The summed E-state index contributed by atoms with van der Waals surface area (Å²) >= 11 is 11.3. The summed E-state index contributed by atoms with van der Waals surface area (Å²) in [6.45, 7) is 6.03. The molecule has 0 atom stereocenters. The molecule has 0 fully saturated rings. The normalized spacial score (nSPS) is 10.6. The zero-order valence-corrected chi connectivity index (χ0v) is 9.78. The molecule has 0 aliphatic rings. The van der Waals surface area contributed by atoms with Crippen molar-refractivity contribution in [3.63, 3.8) is 0 Å². The summed E-state index contributed by atoms with van der Waals surface area (Å²) in [5.74, 6) is 0. The molecule has 0 aromatic heterocycles. The average molecular weight is 229 g/mol. The summed E-state index contributed by atoms with van der Waals surface area (Å²) in [6, 6.07) is 8.38. The summed E-state index contributed by atoms with van der Waals surface area (Å²) in [4.78, 5) is -0.340. The van der Waals surface area contributed by atoms with E-state index in [-0.39, 0.29) is 4.84 Å². The van der Waals surface area contributed by atoms with Gasteiger partial charge < -0.3 is 0 Å². The van der Waals surface area contributed by atoms with E-state index in [9.17, 15) is 0 Å². The monoisotopic (exact) mass is 228 g/mol. The molecule has 1 rings (SSSR count). The number of benzene rings is 1. The molecular formula is C12H14Cl2. The number of alkyl halides is 2. The van der Waals surface area contributed by atoms with Crippen molar-refractivity contribution in [2.24, 2.45) is 0 Å². The highest BCUT2D eigenvalue weighted by atomic mass is 35.5. The van der Waals surface area contributed by atoms with Crippen molar-refractivity contribution < 1.29 is 0 Å². The van der Waals surface area contributed by atoms with Crippen LogP contribution in [-0.4, -0.2) is 4.84 Å². The van der Waals surface area contributed by atoms with Crippen molar-refractivity contribution in [2.45, 2.75) is 24.6 Å². The Kier molecular flexibility index (Phi) is 4.50. The summed E-state index contributed by atoms with van der Waals surface area (Å²) in [7, 11) is 0. The second-order valence-corrected chi connectivity index (χ2v) is 4.79. The highest BCUT2D eigenvalue weighted by Crippen LogP contribution is 2.17. The summed E-state index contributed by atoms with van der Waals surface area (Å²) in [6.07, 6.45) is 1.52. The van der Waals surface area contributed by atoms with E-state index in [1.807, 2.05) is 0 Å². The lowest BCUT2D eigenvalue weighted by molar-refractivity contribution is 0.983. The van der Waals surface area contributed by atoms with Gasteiger partial charge in [0.15, 0.2) is 0 Å². The zero-order chi connectivity index (χ0) is 10.6. The molecule has 1 aromatic rings. The predicted molar refractivity (Wildman–Crippen MR) is 64.1 cm³/mol. The first-order valence-electron chi connectivity index (χ1n) is 4.58. The van der Waals surface area contributed by atoms with E-state index >= 15 is 0 Å². The number of hydrogen-bond acceptors (Lipinski definition) is 0. The lowest BCUT2D eigenvalue weighted by atomic mass is 10.0. The first kappa shape index (κ1) is 11.6. The van der Waals surface area contributed by atoms with Crippen LogP contribution in [0, 0.1) is 6.92 Å². The van der Waals surface area contributed by atoms with E-state index in [1.165, 1.54) is 11.1 Å². The van der Waals surface area contributed by atoms with Crippen LogP contribution < -0.4 is 0 Å². The van der Waals surface area contributed by atoms with Gasteiger partial charge in [0.2, 0.25) is 0 Å². The Hall–Kier alpha value is -0.460. The van der Waals surface area contributed by atoms with Crippen LogP contribution in [0.1, 0.15) is 17.5 Å². The Labute approximate surface area is 95.5 Å². The Morgan fingerprint density at radius 1 is 1.43 bits per heavy atom. The molecule has 0 radical (unpaired) electrons. The topological polar surface area (TPSA) is 0 Å². The predicted octanol–water partition coefficient (Wildman–Crippen LogP) is 4.29. The van der Waals surface area contributed by atoms with Crippen molar-refractivity contribution in [2.75, 3.05) is 0 Å². The van der Waals surface area contributed by atoms with E-state index in [2.05, 4.69) is 37.8 Å². The Morgan fingerprint density at radius 2 is 2.14 bits per heavy atom. The third kappa shape index (κ3) is 4.17. The lowest BCUT2D eigenvalue weighted by Gasteiger charge is -2.06. The van der Waals surface area contributed by atoms with Gasteiger partial charge in [-0.3, -0.25) is 0 Å². The molecule has 76 valence electrons. The van der Waals surface area contributed by atoms with E-state index < -0.39 is 0 Å². The van der Waals surface area contributed by atoms with Crippen LogP contribution in [0.15, 0.2) is 36.4 Å². The van der Waals surface area contributed by atoms with Crippen molar-refractivity contribution in [3.05, 3.63) is 47.5 Å². The number of rotatable bonds is 4. The molecule has 0 aliphatic heterocycles. The molecule has 0 amide bonds. The van der Waals surface area contributed by atoms with Gasteiger partial charge in [0.05, 0.1) is 0 Å². The highest BCUT2D eigenvalue weighted by molar-refractivity contribution is 6.44. The average Bonchev–Trinajstić information content (AvgIpc) is 2.01. The summed E-state index contributed by atoms with van der Waals surface area (Å²) in [5, 5.41) is 0. The van der Waals surface area contributed by atoms with E-state index in [0.29, 0.717) is 6.42 Å².